The summed E-state index contributed by atoms with van der Waals surface area (Å²) in [7, 11) is 3.59. The first-order chi connectivity index (χ1) is 13.0. The molecular formula is C20H33F2IN4O. The fraction of sp³-hybridized carbons (Fsp3) is 0.650. The summed E-state index contributed by atoms with van der Waals surface area (Å²) in [5.74, 6) is 0.325. The molecule has 0 spiro atoms. The molecule has 1 fully saturated rings. The zero-order valence-electron chi connectivity index (χ0n) is 17.0. The van der Waals surface area contributed by atoms with Gasteiger partial charge in [0, 0.05) is 31.9 Å². The second kappa shape index (κ2) is 13.3. The molecule has 0 amide bonds. The van der Waals surface area contributed by atoms with Crippen molar-refractivity contribution in [3.8, 4) is 0 Å². The smallest absolute Gasteiger partial charge is 0.191 e. The van der Waals surface area contributed by atoms with Crippen LogP contribution in [0.25, 0.3) is 0 Å². The number of rotatable bonds is 11. The van der Waals surface area contributed by atoms with Gasteiger partial charge in [-0.05, 0) is 58.3 Å². The molecule has 1 aliphatic carbocycles. The summed E-state index contributed by atoms with van der Waals surface area (Å²) in [5, 5.41) is 6.42. The largest absolute Gasteiger partial charge is 0.381 e. The molecule has 1 atom stereocenters. The number of nitrogens with zero attached hydrogens (tertiary/aromatic N) is 2. The van der Waals surface area contributed by atoms with Crippen LogP contribution in [0.1, 0.15) is 37.8 Å². The summed E-state index contributed by atoms with van der Waals surface area (Å²) in [4.78, 5) is 6.31. The Hall–Kier alpha value is -1.00. The van der Waals surface area contributed by atoms with Crippen LogP contribution >= 0.6 is 24.0 Å². The van der Waals surface area contributed by atoms with E-state index in [0.29, 0.717) is 12.5 Å². The summed E-state index contributed by atoms with van der Waals surface area (Å²) in [5.41, 5.74) is 0.0515. The molecule has 8 heteroatoms. The molecule has 0 aliphatic heterocycles. The van der Waals surface area contributed by atoms with Crippen molar-refractivity contribution in [2.45, 2.75) is 32.2 Å². The van der Waals surface area contributed by atoms with Crippen molar-refractivity contribution in [1.82, 2.24) is 15.5 Å². The van der Waals surface area contributed by atoms with Crippen LogP contribution in [0, 0.1) is 17.6 Å². The molecule has 2 N–H and O–H groups in total. The number of likely N-dealkylation sites (N-methyl/N-ethyl adjacent to an activating group) is 1. The number of hydrogen-bond acceptors (Lipinski definition) is 3. The van der Waals surface area contributed by atoms with E-state index in [-0.39, 0.29) is 36.1 Å². The summed E-state index contributed by atoms with van der Waals surface area (Å²) >= 11 is 0. The van der Waals surface area contributed by atoms with E-state index < -0.39 is 17.7 Å². The van der Waals surface area contributed by atoms with Crippen LogP contribution in [0.2, 0.25) is 0 Å². The summed E-state index contributed by atoms with van der Waals surface area (Å²) in [6.07, 6.45) is 3.48. The van der Waals surface area contributed by atoms with Crippen molar-refractivity contribution in [3.63, 3.8) is 0 Å². The van der Waals surface area contributed by atoms with Gasteiger partial charge in [0.05, 0.1) is 12.6 Å². The molecule has 1 aliphatic rings. The molecule has 1 aromatic rings. The second-order valence-electron chi connectivity index (χ2n) is 7.13. The summed E-state index contributed by atoms with van der Waals surface area (Å²) in [6.45, 7) is 5.27. The van der Waals surface area contributed by atoms with Gasteiger partial charge in [0.1, 0.15) is 11.6 Å². The molecule has 2 rings (SSSR count). The maximum Gasteiger partial charge on any atom is 0.191 e. The van der Waals surface area contributed by atoms with Crippen LogP contribution in [-0.4, -0.2) is 57.8 Å². The zero-order valence-corrected chi connectivity index (χ0v) is 19.3. The highest BCUT2D eigenvalue weighted by atomic mass is 127. The van der Waals surface area contributed by atoms with Crippen LogP contribution in [0.5, 0.6) is 0 Å². The minimum Gasteiger partial charge on any atom is -0.381 e. The molecule has 1 aromatic carbocycles. The lowest BCUT2D eigenvalue weighted by atomic mass is 10.0. The van der Waals surface area contributed by atoms with Gasteiger partial charge in [0.15, 0.2) is 5.96 Å². The fourth-order valence-electron chi connectivity index (χ4n) is 2.78. The van der Waals surface area contributed by atoms with Crippen LogP contribution in [0.15, 0.2) is 23.2 Å². The number of aliphatic imine (C=N–C) groups is 1. The quantitative estimate of drug-likeness (QED) is 0.207. The Morgan fingerprint density at radius 1 is 1.25 bits per heavy atom. The Morgan fingerprint density at radius 2 is 1.93 bits per heavy atom. The van der Waals surface area contributed by atoms with Crippen molar-refractivity contribution in [2.75, 3.05) is 46.9 Å². The standard InChI is InChI=1S/C20H32F2N4O.HI/c1-4-23-20(24-11-6-12-27-14-15-9-10-15)25-13-18(26(2)3)19-16(21)7-5-8-17(19)22;/h5,7-8,15,18H,4,6,9-14H2,1-3H3,(H2,23,24,25);1H. The number of halogens is 3. The SMILES string of the molecule is CCNC(=NCC(c1c(F)cccc1F)N(C)C)NCCCOCC1CC1.I. The first kappa shape index (κ1) is 25.0. The number of benzene rings is 1. The summed E-state index contributed by atoms with van der Waals surface area (Å²) < 4.78 is 33.9. The van der Waals surface area contributed by atoms with Crippen LogP contribution in [0.3, 0.4) is 0 Å². The van der Waals surface area contributed by atoms with E-state index in [0.717, 1.165) is 32.1 Å². The van der Waals surface area contributed by atoms with Crippen molar-refractivity contribution in [2.24, 2.45) is 10.9 Å². The van der Waals surface area contributed by atoms with E-state index in [1.54, 1.807) is 19.0 Å². The van der Waals surface area contributed by atoms with Crippen molar-refractivity contribution in [3.05, 3.63) is 35.4 Å². The van der Waals surface area contributed by atoms with Crippen molar-refractivity contribution >= 4 is 29.9 Å². The lowest BCUT2D eigenvalue weighted by molar-refractivity contribution is 0.123. The first-order valence-electron chi connectivity index (χ1n) is 9.73. The van der Waals surface area contributed by atoms with Gasteiger partial charge in [0.2, 0.25) is 0 Å². The number of guanidine groups is 1. The Balaban J connectivity index is 0.00000392. The van der Waals surface area contributed by atoms with Crippen molar-refractivity contribution in [1.29, 1.82) is 0 Å². The van der Waals surface area contributed by atoms with E-state index in [1.165, 1.54) is 31.0 Å². The average Bonchev–Trinajstić information content (AvgIpc) is 3.44. The molecule has 0 heterocycles. The number of nitrogens with one attached hydrogen (secondary N) is 2. The number of ether oxygens (including phenoxy) is 1. The molecule has 1 saturated carbocycles. The molecule has 5 nitrogen and oxygen atoms in total. The third kappa shape index (κ3) is 8.57. The van der Waals surface area contributed by atoms with Gasteiger partial charge < -0.3 is 20.3 Å². The van der Waals surface area contributed by atoms with Crippen LogP contribution < -0.4 is 10.6 Å². The molecule has 0 saturated heterocycles. The maximum absolute atomic E-state index is 14.2. The van der Waals surface area contributed by atoms with Gasteiger partial charge in [-0.3, -0.25) is 4.99 Å². The highest BCUT2D eigenvalue weighted by Gasteiger charge is 2.22. The van der Waals surface area contributed by atoms with Gasteiger partial charge >= 0.3 is 0 Å². The Morgan fingerprint density at radius 3 is 2.50 bits per heavy atom. The highest BCUT2D eigenvalue weighted by Crippen LogP contribution is 2.28. The van der Waals surface area contributed by atoms with Crippen LogP contribution in [-0.2, 0) is 4.74 Å². The van der Waals surface area contributed by atoms with E-state index >= 15 is 0 Å². The lowest BCUT2D eigenvalue weighted by Gasteiger charge is -2.24. The number of hydrogen-bond donors (Lipinski definition) is 2. The topological polar surface area (TPSA) is 48.9 Å². The molecule has 160 valence electrons. The zero-order chi connectivity index (χ0) is 19.6. The van der Waals surface area contributed by atoms with Gasteiger partial charge in [0.25, 0.3) is 0 Å². The minimum absolute atomic E-state index is 0. The molecule has 0 radical (unpaired) electrons. The van der Waals surface area contributed by atoms with Gasteiger partial charge in [-0.25, -0.2) is 8.78 Å². The maximum atomic E-state index is 14.2. The fourth-order valence-corrected chi connectivity index (χ4v) is 2.78. The Labute approximate surface area is 184 Å². The van der Waals surface area contributed by atoms with Crippen molar-refractivity contribution < 1.29 is 13.5 Å². The predicted molar refractivity (Wildman–Crippen MR) is 120 cm³/mol. The van der Waals surface area contributed by atoms with Gasteiger partial charge in [-0.2, -0.15) is 0 Å². The highest BCUT2D eigenvalue weighted by molar-refractivity contribution is 14.0. The molecule has 28 heavy (non-hydrogen) atoms. The molecule has 0 bridgehead atoms. The normalized spacial score (nSPS) is 15.3. The summed E-state index contributed by atoms with van der Waals surface area (Å²) in [6, 6.07) is 3.46. The van der Waals surface area contributed by atoms with Gasteiger partial charge in [-0.15, -0.1) is 24.0 Å². The molecule has 1 unspecified atom stereocenters. The molecule has 0 aromatic heterocycles. The van der Waals surface area contributed by atoms with E-state index in [4.69, 9.17) is 4.74 Å². The minimum atomic E-state index is -0.547. The third-order valence-corrected chi connectivity index (χ3v) is 4.53. The average molecular weight is 510 g/mol. The first-order valence-corrected chi connectivity index (χ1v) is 9.73. The lowest BCUT2D eigenvalue weighted by Crippen LogP contribution is -2.39. The monoisotopic (exact) mass is 510 g/mol. The Kier molecular flexibility index (Phi) is 11.9. The second-order valence-corrected chi connectivity index (χ2v) is 7.13. The van der Waals surface area contributed by atoms with E-state index in [9.17, 15) is 8.78 Å². The van der Waals surface area contributed by atoms with Crippen LogP contribution in [0.4, 0.5) is 8.78 Å². The third-order valence-electron chi connectivity index (χ3n) is 4.53. The molecular weight excluding hydrogens is 477 g/mol. The Bertz CT molecular complexity index is 592. The van der Waals surface area contributed by atoms with Gasteiger partial charge in [-0.1, -0.05) is 6.07 Å². The van der Waals surface area contributed by atoms with E-state index in [2.05, 4.69) is 15.6 Å². The van der Waals surface area contributed by atoms with E-state index in [1.807, 2.05) is 6.92 Å². The predicted octanol–water partition coefficient (Wildman–Crippen LogP) is 3.56.